The second-order valence-electron chi connectivity index (χ2n) is 4.66. The predicted octanol–water partition coefficient (Wildman–Crippen LogP) is 2.68. The van der Waals surface area contributed by atoms with Crippen LogP contribution in [0.5, 0.6) is 0 Å². The van der Waals surface area contributed by atoms with Crippen molar-refractivity contribution >= 4 is 21.5 Å². The van der Waals surface area contributed by atoms with Crippen LogP contribution < -0.4 is 10.0 Å². The van der Waals surface area contributed by atoms with Crippen LogP contribution in [-0.4, -0.2) is 20.4 Å². The molecule has 0 fully saturated rings. The van der Waals surface area contributed by atoms with Crippen LogP contribution in [0.4, 0.5) is 15.9 Å². The lowest BCUT2D eigenvalue weighted by Crippen LogP contribution is -2.16. The van der Waals surface area contributed by atoms with Gasteiger partial charge in [-0.3, -0.25) is 4.72 Å². The lowest BCUT2D eigenvalue weighted by Gasteiger charge is -2.14. The molecule has 0 aliphatic rings. The van der Waals surface area contributed by atoms with Gasteiger partial charge in [0.05, 0.1) is 11.1 Å². The SMILES string of the molecule is CNc1cc(C)c(S(=O)(=O)Nc2ccc(F)cn2)c(C)c1. The smallest absolute Gasteiger partial charge is 0.263 e. The lowest BCUT2D eigenvalue weighted by atomic mass is 10.1. The van der Waals surface area contributed by atoms with Gasteiger partial charge in [-0.15, -0.1) is 0 Å². The summed E-state index contributed by atoms with van der Waals surface area (Å²) in [4.78, 5) is 3.91. The van der Waals surface area contributed by atoms with Crippen LogP contribution in [0.3, 0.4) is 0 Å². The summed E-state index contributed by atoms with van der Waals surface area (Å²) in [5.74, 6) is -0.448. The van der Waals surface area contributed by atoms with Crippen LogP contribution in [0.15, 0.2) is 35.4 Å². The van der Waals surface area contributed by atoms with E-state index >= 15 is 0 Å². The zero-order chi connectivity index (χ0) is 15.6. The van der Waals surface area contributed by atoms with Crippen molar-refractivity contribution in [3.05, 3.63) is 47.4 Å². The molecule has 2 aromatic rings. The number of nitrogens with zero attached hydrogens (tertiary/aromatic N) is 1. The molecule has 7 heteroatoms. The van der Waals surface area contributed by atoms with E-state index in [9.17, 15) is 12.8 Å². The largest absolute Gasteiger partial charge is 0.388 e. The van der Waals surface area contributed by atoms with Gasteiger partial charge in [-0.1, -0.05) is 0 Å². The Morgan fingerprint density at radius 1 is 1.14 bits per heavy atom. The van der Waals surface area contributed by atoms with Gasteiger partial charge in [-0.2, -0.15) is 0 Å². The molecule has 0 aliphatic carbocycles. The van der Waals surface area contributed by atoms with Crippen molar-refractivity contribution < 1.29 is 12.8 Å². The number of sulfonamides is 1. The molecule has 0 bridgehead atoms. The molecule has 1 aromatic heterocycles. The third-order valence-corrected chi connectivity index (χ3v) is 4.64. The first-order chi connectivity index (χ1) is 9.83. The van der Waals surface area contributed by atoms with E-state index in [2.05, 4.69) is 15.0 Å². The topological polar surface area (TPSA) is 71.1 Å². The fraction of sp³-hybridized carbons (Fsp3) is 0.214. The second kappa shape index (κ2) is 5.69. The van der Waals surface area contributed by atoms with Gasteiger partial charge < -0.3 is 5.32 Å². The highest BCUT2D eigenvalue weighted by Gasteiger charge is 2.20. The van der Waals surface area contributed by atoms with Gasteiger partial charge in [-0.25, -0.2) is 17.8 Å². The van der Waals surface area contributed by atoms with Crippen LogP contribution in [-0.2, 0) is 10.0 Å². The number of halogens is 1. The fourth-order valence-electron chi connectivity index (χ4n) is 2.14. The average molecular weight is 309 g/mol. The predicted molar refractivity (Wildman–Crippen MR) is 80.5 cm³/mol. The van der Waals surface area contributed by atoms with Crippen LogP contribution in [0.1, 0.15) is 11.1 Å². The maximum Gasteiger partial charge on any atom is 0.263 e. The molecule has 0 unspecified atom stereocenters. The third kappa shape index (κ3) is 3.30. The highest BCUT2D eigenvalue weighted by Crippen LogP contribution is 2.25. The van der Waals surface area contributed by atoms with Gasteiger partial charge in [0, 0.05) is 12.7 Å². The Bertz CT molecular complexity index is 735. The van der Waals surface area contributed by atoms with Crippen molar-refractivity contribution in [2.45, 2.75) is 18.7 Å². The zero-order valence-corrected chi connectivity index (χ0v) is 12.8. The second-order valence-corrected chi connectivity index (χ2v) is 6.28. The normalized spacial score (nSPS) is 11.2. The molecular weight excluding hydrogens is 293 g/mol. The number of aromatic nitrogens is 1. The molecule has 21 heavy (non-hydrogen) atoms. The number of aryl methyl sites for hydroxylation is 2. The Hall–Kier alpha value is -2.15. The summed E-state index contributed by atoms with van der Waals surface area (Å²) >= 11 is 0. The molecule has 1 aromatic carbocycles. The molecular formula is C14H16FN3O2S. The highest BCUT2D eigenvalue weighted by molar-refractivity contribution is 7.92. The first-order valence-corrected chi connectivity index (χ1v) is 7.75. The van der Waals surface area contributed by atoms with E-state index in [1.165, 1.54) is 6.07 Å². The zero-order valence-electron chi connectivity index (χ0n) is 11.9. The quantitative estimate of drug-likeness (QED) is 0.911. The van der Waals surface area contributed by atoms with Crippen molar-refractivity contribution in [1.29, 1.82) is 0 Å². The number of pyridine rings is 1. The van der Waals surface area contributed by atoms with E-state index in [4.69, 9.17) is 0 Å². The van der Waals surface area contributed by atoms with Crippen LogP contribution in [0, 0.1) is 19.7 Å². The summed E-state index contributed by atoms with van der Waals surface area (Å²) in [5, 5.41) is 2.97. The molecule has 0 saturated heterocycles. The molecule has 5 nitrogen and oxygen atoms in total. The summed E-state index contributed by atoms with van der Waals surface area (Å²) < 4.78 is 40.1. The Morgan fingerprint density at radius 2 is 1.76 bits per heavy atom. The van der Waals surface area contributed by atoms with Crippen LogP contribution >= 0.6 is 0 Å². The van der Waals surface area contributed by atoms with E-state index < -0.39 is 15.8 Å². The van der Waals surface area contributed by atoms with Crippen molar-refractivity contribution in [1.82, 2.24) is 4.98 Å². The number of benzene rings is 1. The molecule has 0 radical (unpaired) electrons. The van der Waals surface area contributed by atoms with Gasteiger partial charge in [0.15, 0.2) is 0 Å². The average Bonchev–Trinajstić information content (AvgIpc) is 2.39. The summed E-state index contributed by atoms with van der Waals surface area (Å²) in [6, 6.07) is 5.92. The molecule has 0 saturated carbocycles. The van der Waals surface area contributed by atoms with Gasteiger partial charge in [0.25, 0.3) is 10.0 Å². The first kappa shape index (κ1) is 15.2. The molecule has 112 valence electrons. The van der Waals surface area contributed by atoms with Gasteiger partial charge in [-0.05, 0) is 49.2 Å². The Morgan fingerprint density at radius 3 is 2.24 bits per heavy atom. The minimum absolute atomic E-state index is 0.0768. The highest BCUT2D eigenvalue weighted by atomic mass is 32.2. The van der Waals surface area contributed by atoms with Crippen molar-refractivity contribution in [3.63, 3.8) is 0 Å². The Balaban J connectivity index is 2.42. The maximum atomic E-state index is 12.8. The number of rotatable bonds is 4. The van der Waals surface area contributed by atoms with Crippen molar-refractivity contribution in [2.75, 3.05) is 17.1 Å². The molecule has 2 N–H and O–H groups in total. The molecule has 1 heterocycles. The van der Waals surface area contributed by atoms with Crippen LogP contribution in [0.25, 0.3) is 0 Å². The molecule has 2 rings (SSSR count). The fourth-order valence-corrected chi connectivity index (χ4v) is 3.61. The van der Waals surface area contributed by atoms with Gasteiger partial charge >= 0.3 is 0 Å². The summed E-state index contributed by atoms with van der Waals surface area (Å²) in [5.41, 5.74) is 2.08. The monoisotopic (exact) mass is 309 g/mol. The van der Waals surface area contributed by atoms with E-state index in [-0.39, 0.29) is 10.7 Å². The van der Waals surface area contributed by atoms with E-state index in [0.717, 1.165) is 18.0 Å². The van der Waals surface area contributed by atoms with Crippen molar-refractivity contribution in [2.24, 2.45) is 0 Å². The van der Waals surface area contributed by atoms with E-state index in [1.807, 2.05) is 0 Å². The van der Waals surface area contributed by atoms with Gasteiger partial charge in [0.2, 0.25) is 0 Å². The summed E-state index contributed by atoms with van der Waals surface area (Å²) in [6.07, 6.45) is 0.960. The number of anilines is 2. The number of hydrogen-bond donors (Lipinski definition) is 2. The summed E-state index contributed by atoms with van der Waals surface area (Å²) in [7, 11) is -2.01. The molecule has 0 atom stereocenters. The first-order valence-electron chi connectivity index (χ1n) is 6.27. The van der Waals surface area contributed by atoms with Crippen molar-refractivity contribution in [3.8, 4) is 0 Å². The Labute approximate surface area is 123 Å². The van der Waals surface area contributed by atoms with Crippen LogP contribution in [0.2, 0.25) is 0 Å². The third-order valence-electron chi connectivity index (χ3n) is 2.98. The molecule has 0 spiro atoms. The van der Waals surface area contributed by atoms with E-state index in [0.29, 0.717) is 11.1 Å². The van der Waals surface area contributed by atoms with Gasteiger partial charge in [0.1, 0.15) is 11.6 Å². The lowest BCUT2D eigenvalue weighted by molar-refractivity contribution is 0.599. The Kier molecular flexibility index (Phi) is 4.13. The van der Waals surface area contributed by atoms with E-state index in [1.54, 1.807) is 33.0 Å². The summed E-state index contributed by atoms with van der Waals surface area (Å²) in [6.45, 7) is 3.45. The minimum atomic E-state index is -3.78. The number of nitrogens with one attached hydrogen (secondary N) is 2. The molecule has 0 amide bonds. The minimum Gasteiger partial charge on any atom is -0.388 e. The molecule has 0 aliphatic heterocycles. The number of hydrogen-bond acceptors (Lipinski definition) is 4. The standard InChI is InChI=1S/C14H16FN3O2S/c1-9-6-12(16-3)7-10(2)14(9)21(19,20)18-13-5-4-11(15)8-17-13/h4-8,16H,1-3H3,(H,17,18). The maximum absolute atomic E-state index is 12.8.